The van der Waals surface area contributed by atoms with Crippen molar-refractivity contribution in [3.63, 3.8) is 0 Å². The Morgan fingerprint density at radius 2 is 2.16 bits per heavy atom. The highest BCUT2D eigenvalue weighted by atomic mass is 32.2. The maximum Gasteiger partial charge on any atom is 0.323 e. The fourth-order valence-corrected chi connectivity index (χ4v) is 3.29. The van der Waals surface area contributed by atoms with Gasteiger partial charge in [0.1, 0.15) is 5.54 Å². The second-order valence-electron chi connectivity index (χ2n) is 5.46. The third-order valence-electron chi connectivity index (χ3n) is 3.67. The second kappa shape index (κ2) is 5.97. The van der Waals surface area contributed by atoms with E-state index < -0.39 is 11.5 Å². The number of benzene rings is 1. The van der Waals surface area contributed by atoms with Gasteiger partial charge in [0.15, 0.2) is 0 Å². The number of aryl methyl sites for hydroxylation is 2. The van der Waals surface area contributed by atoms with Crippen LogP contribution in [0.4, 0.5) is 0 Å². The lowest BCUT2D eigenvalue weighted by Crippen LogP contribution is -2.44. The Hall–Kier alpha value is -1.00. The minimum atomic E-state index is -1.10. The number of hydrogen-bond acceptors (Lipinski definition) is 3. The van der Waals surface area contributed by atoms with Crippen molar-refractivity contribution in [2.75, 3.05) is 5.75 Å². The summed E-state index contributed by atoms with van der Waals surface area (Å²) in [6.07, 6.45) is 5.02. The van der Waals surface area contributed by atoms with Crippen LogP contribution in [-0.2, 0) is 17.6 Å². The summed E-state index contributed by atoms with van der Waals surface area (Å²) in [5, 5.41) is 8.93. The van der Waals surface area contributed by atoms with Gasteiger partial charge in [-0.1, -0.05) is 6.07 Å². The average molecular weight is 279 g/mol. The van der Waals surface area contributed by atoms with Gasteiger partial charge in [0.2, 0.25) is 0 Å². The molecular formula is C15H21NO2S. The molecule has 19 heavy (non-hydrogen) atoms. The molecule has 3 nitrogen and oxygen atoms in total. The topological polar surface area (TPSA) is 63.3 Å². The third-order valence-corrected chi connectivity index (χ3v) is 4.75. The lowest BCUT2D eigenvalue weighted by atomic mass is 9.98. The molecule has 0 amide bonds. The van der Waals surface area contributed by atoms with Crippen LogP contribution in [0.5, 0.6) is 0 Å². The van der Waals surface area contributed by atoms with E-state index >= 15 is 0 Å². The molecule has 0 radical (unpaired) electrons. The van der Waals surface area contributed by atoms with Gasteiger partial charge < -0.3 is 10.8 Å². The van der Waals surface area contributed by atoms with Gasteiger partial charge in [-0.3, -0.25) is 4.79 Å². The second-order valence-corrected chi connectivity index (χ2v) is 6.63. The smallest absolute Gasteiger partial charge is 0.323 e. The SMILES string of the molecule is CC(N)(CCCSc1ccc2c(c1)CCC2)C(=O)O. The molecule has 0 saturated carbocycles. The number of fused-ring (bicyclic) bond motifs is 1. The first-order chi connectivity index (χ1) is 8.99. The number of thioether (sulfide) groups is 1. The van der Waals surface area contributed by atoms with Gasteiger partial charge in [0, 0.05) is 4.90 Å². The Bertz CT molecular complexity index is 471. The van der Waals surface area contributed by atoms with Crippen LogP contribution in [0.25, 0.3) is 0 Å². The molecule has 1 aliphatic rings. The van der Waals surface area contributed by atoms with E-state index in [0.29, 0.717) is 6.42 Å². The summed E-state index contributed by atoms with van der Waals surface area (Å²) < 4.78 is 0. The van der Waals surface area contributed by atoms with Gasteiger partial charge >= 0.3 is 5.97 Å². The number of nitrogens with two attached hydrogens (primary N) is 1. The van der Waals surface area contributed by atoms with Gasteiger partial charge in [0.05, 0.1) is 0 Å². The molecule has 0 bridgehead atoms. The van der Waals surface area contributed by atoms with Crippen molar-refractivity contribution in [2.24, 2.45) is 5.73 Å². The Morgan fingerprint density at radius 1 is 1.42 bits per heavy atom. The van der Waals surface area contributed by atoms with Gasteiger partial charge in [-0.25, -0.2) is 0 Å². The number of carbonyl (C=O) groups is 1. The molecule has 0 spiro atoms. The first-order valence-electron chi connectivity index (χ1n) is 6.76. The fourth-order valence-electron chi connectivity index (χ4n) is 2.37. The summed E-state index contributed by atoms with van der Waals surface area (Å²) in [5.41, 5.74) is 7.58. The molecule has 104 valence electrons. The lowest BCUT2D eigenvalue weighted by molar-refractivity contribution is -0.142. The van der Waals surface area contributed by atoms with Crippen LogP contribution in [0.2, 0.25) is 0 Å². The predicted octanol–water partition coefficient (Wildman–Crippen LogP) is 2.85. The summed E-state index contributed by atoms with van der Waals surface area (Å²) in [5.74, 6) is -0.00574. The van der Waals surface area contributed by atoms with Crippen molar-refractivity contribution < 1.29 is 9.90 Å². The molecule has 3 N–H and O–H groups in total. The number of carboxylic acids is 1. The predicted molar refractivity (Wildman–Crippen MR) is 78.7 cm³/mol. The van der Waals surface area contributed by atoms with Crippen LogP contribution in [-0.4, -0.2) is 22.4 Å². The quantitative estimate of drug-likeness (QED) is 0.621. The highest BCUT2D eigenvalue weighted by molar-refractivity contribution is 7.99. The van der Waals surface area contributed by atoms with E-state index in [4.69, 9.17) is 10.8 Å². The average Bonchev–Trinajstić information content (AvgIpc) is 2.81. The Labute approximate surface area is 118 Å². The first kappa shape index (κ1) is 14.4. The van der Waals surface area contributed by atoms with Gasteiger partial charge in [0.25, 0.3) is 0 Å². The van der Waals surface area contributed by atoms with Crippen LogP contribution >= 0.6 is 11.8 Å². The highest BCUT2D eigenvalue weighted by Gasteiger charge is 2.26. The highest BCUT2D eigenvalue weighted by Crippen LogP contribution is 2.28. The Balaban J connectivity index is 1.79. The minimum absolute atomic E-state index is 0.514. The van der Waals surface area contributed by atoms with Crippen LogP contribution in [0, 0.1) is 0 Å². The largest absolute Gasteiger partial charge is 0.480 e. The van der Waals surface area contributed by atoms with Crippen molar-refractivity contribution in [1.29, 1.82) is 0 Å². The molecule has 1 atom stereocenters. The molecule has 0 saturated heterocycles. The van der Waals surface area contributed by atoms with E-state index in [2.05, 4.69) is 18.2 Å². The van der Waals surface area contributed by atoms with Crippen molar-refractivity contribution >= 4 is 17.7 Å². The number of rotatable bonds is 6. The van der Waals surface area contributed by atoms with Gasteiger partial charge in [-0.05, 0) is 68.0 Å². The van der Waals surface area contributed by atoms with E-state index in [1.165, 1.54) is 35.3 Å². The molecule has 0 aliphatic heterocycles. The van der Waals surface area contributed by atoms with Crippen LogP contribution in [0.3, 0.4) is 0 Å². The van der Waals surface area contributed by atoms with E-state index in [-0.39, 0.29) is 0 Å². The maximum atomic E-state index is 10.9. The molecular weight excluding hydrogens is 258 g/mol. The summed E-state index contributed by atoms with van der Waals surface area (Å²) >= 11 is 1.79. The van der Waals surface area contributed by atoms with E-state index in [9.17, 15) is 4.79 Å². The monoisotopic (exact) mass is 279 g/mol. The zero-order valence-corrected chi connectivity index (χ0v) is 12.1. The molecule has 2 rings (SSSR count). The molecule has 4 heteroatoms. The van der Waals surface area contributed by atoms with Crippen LogP contribution in [0.15, 0.2) is 23.1 Å². The Morgan fingerprint density at radius 3 is 2.89 bits per heavy atom. The van der Waals surface area contributed by atoms with Gasteiger partial charge in [-0.15, -0.1) is 11.8 Å². The van der Waals surface area contributed by atoms with E-state index in [1.807, 2.05) is 0 Å². The molecule has 0 aromatic heterocycles. The van der Waals surface area contributed by atoms with E-state index in [0.717, 1.165) is 12.2 Å². The van der Waals surface area contributed by atoms with Crippen molar-refractivity contribution in [3.8, 4) is 0 Å². The molecule has 1 aliphatic carbocycles. The standard InChI is InChI=1S/C15H21NO2S/c1-15(16,14(17)18)8-3-9-19-13-7-6-11-4-2-5-12(11)10-13/h6-7,10H,2-5,8-9,16H2,1H3,(H,17,18). The summed E-state index contributed by atoms with van der Waals surface area (Å²) in [6, 6.07) is 6.69. The van der Waals surface area contributed by atoms with Gasteiger partial charge in [-0.2, -0.15) is 0 Å². The lowest BCUT2D eigenvalue weighted by Gasteiger charge is -2.18. The number of carboxylic acid groups (broad SMARTS) is 1. The third kappa shape index (κ3) is 3.74. The van der Waals surface area contributed by atoms with Crippen LogP contribution < -0.4 is 5.73 Å². The van der Waals surface area contributed by atoms with E-state index in [1.54, 1.807) is 18.7 Å². The zero-order valence-electron chi connectivity index (χ0n) is 11.3. The normalized spacial score (nSPS) is 16.9. The van der Waals surface area contributed by atoms with Crippen molar-refractivity contribution in [3.05, 3.63) is 29.3 Å². The molecule has 1 unspecified atom stereocenters. The minimum Gasteiger partial charge on any atom is -0.480 e. The summed E-state index contributed by atoms with van der Waals surface area (Å²) in [4.78, 5) is 12.2. The molecule has 0 fully saturated rings. The van der Waals surface area contributed by atoms with Crippen molar-refractivity contribution in [1.82, 2.24) is 0 Å². The maximum absolute atomic E-state index is 10.9. The summed E-state index contributed by atoms with van der Waals surface area (Å²) in [6.45, 7) is 1.58. The zero-order chi connectivity index (χ0) is 13.9. The Kier molecular flexibility index (Phi) is 4.53. The number of aliphatic carboxylic acids is 1. The number of hydrogen-bond donors (Lipinski definition) is 2. The van der Waals surface area contributed by atoms with Crippen LogP contribution in [0.1, 0.15) is 37.3 Å². The first-order valence-corrected chi connectivity index (χ1v) is 7.74. The van der Waals surface area contributed by atoms with Crippen molar-refractivity contribution in [2.45, 2.75) is 49.5 Å². The fraction of sp³-hybridized carbons (Fsp3) is 0.533. The molecule has 1 aromatic rings. The summed E-state index contributed by atoms with van der Waals surface area (Å²) in [7, 11) is 0. The molecule has 0 heterocycles. The molecule has 1 aromatic carbocycles.